The van der Waals surface area contributed by atoms with Crippen LogP contribution in [0.2, 0.25) is 0 Å². The molecule has 1 fully saturated rings. The Morgan fingerprint density at radius 2 is 1.85 bits per heavy atom. The van der Waals surface area contributed by atoms with Crippen molar-refractivity contribution in [2.24, 2.45) is 5.92 Å². The van der Waals surface area contributed by atoms with Crippen molar-refractivity contribution in [3.05, 3.63) is 30.1 Å². The lowest BCUT2D eigenvalue weighted by Crippen LogP contribution is -2.40. The Morgan fingerprint density at radius 1 is 1.25 bits per heavy atom. The number of Topliss-reactive ketones (excluding diaryl/α,β-unsaturated/α-hetero) is 1. The number of benzene rings is 1. The minimum Gasteiger partial charge on any atom is -0.371 e. The first kappa shape index (κ1) is 15.0. The molecule has 0 aliphatic carbocycles. The summed E-state index contributed by atoms with van der Waals surface area (Å²) in [4.78, 5) is 14.2. The van der Waals surface area contributed by atoms with Crippen LogP contribution in [-0.4, -0.2) is 30.6 Å². The van der Waals surface area contributed by atoms with E-state index in [-0.39, 0.29) is 17.5 Å². The van der Waals surface area contributed by atoms with E-state index in [2.05, 4.69) is 0 Å². The molecule has 1 aliphatic heterocycles. The lowest BCUT2D eigenvalue weighted by molar-refractivity contribution is -0.132. The predicted molar refractivity (Wildman–Crippen MR) is 77.4 cm³/mol. The Hall–Kier alpha value is -1.42. The molecule has 1 saturated heterocycles. The van der Waals surface area contributed by atoms with Gasteiger partial charge in [-0.25, -0.2) is 4.39 Å². The van der Waals surface area contributed by atoms with Crippen molar-refractivity contribution in [1.82, 2.24) is 0 Å². The third kappa shape index (κ3) is 2.57. The summed E-state index contributed by atoms with van der Waals surface area (Å²) in [5.74, 6) is -0.480. The van der Waals surface area contributed by atoms with Gasteiger partial charge in [-0.05, 0) is 39.8 Å². The van der Waals surface area contributed by atoms with Gasteiger partial charge in [0.25, 0.3) is 0 Å². The Labute approximate surface area is 119 Å². The highest BCUT2D eigenvalue weighted by molar-refractivity contribution is 5.92. The van der Waals surface area contributed by atoms with Crippen LogP contribution in [-0.2, 0) is 9.53 Å². The van der Waals surface area contributed by atoms with Gasteiger partial charge in [-0.1, -0.05) is 12.1 Å². The molecular weight excluding hydrogens is 257 g/mol. The van der Waals surface area contributed by atoms with Gasteiger partial charge in [-0.15, -0.1) is 0 Å². The van der Waals surface area contributed by atoms with Crippen LogP contribution < -0.4 is 4.90 Å². The van der Waals surface area contributed by atoms with Crippen molar-refractivity contribution < 1.29 is 13.9 Å². The predicted octanol–water partition coefficient (Wildman–Crippen LogP) is 3.03. The fraction of sp³-hybridized carbons (Fsp3) is 0.562. The van der Waals surface area contributed by atoms with Gasteiger partial charge >= 0.3 is 0 Å². The van der Waals surface area contributed by atoms with Crippen molar-refractivity contribution in [3.63, 3.8) is 0 Å². The van der Waals surface area contributed by atoms with Gasteiger partial charge in [0.15, 0.2) is 5.78 Å². The Kier molecular flexibility index (Phi) is 3.63. The van der Waals surface area contributed by atoms with Gasteiger partial charge in [0.05, 0.1) is 17.2 Å². The van der Waals surface area contributed by atoms with Crippen LogP contribution in [0.5, 0.6) is 0 Å². The number of hydrogen-bond acceptors (Lipinski definition) is 3. The number of carbonyl (C=O) groups excluding carboxylic acids is 1. The number of halogens is 1. The SMILES string of the molecule is CN(CC1C(=O)C(C)(C)OC1(C)C)c1ccccc1F. The minimum atomic E-state index is -0.774. The fourth-order valence-electron chi connectivity index (χ4n) is 2.95. The Bertz CT molecular complexity index is 525. The molecule has 0 bridgehead atoms. The van der Waals surface area contributed by atoms with Crippen LogP contribution in [0.3, 0.4) is 0 Å². The molecule has 110 valence electrons. The molecule has 3 nitrogen and oxygen atoms in total. The molecular formula is C16H22FNO2. The molecule has 0 spiro atoms. The van der Waals surface area contributed by atoms with Crippen LogP contribution in [0.4, 0.5) is 10.1 Å². The van der Waals surface area contributed by atoms with Crippen molar-refractivity contribution in [2.45, 2.75) is 38.9 Å². The Morgan fingerprint density at radius 3 is 2.35 bits per heavy atom. The molecule has 0 N–H and O–H groups in total. The summed E-state index contributed by atoms with van der Waals surface area (Å²) in [6, 6.07) is 6.59. The summed E-state index contributed by atoms with van der Waals surface area (Å²) in [7, 11) is 1.80. The van der Waals surface area contributed by atoms with E-state index in [1.165, 1.54) is 6.07 Å². The lowest BCUT2D eigenvalue weighted by Gasteiger charge is -2.30. The third-order valence-electron chi connectivity index (χ3n) is 3.99. The second kappa shape index (κ2) is 4.85. The van der Waals surface area contributed by atoms with Gasteiger partial charge in [0, 0.05) is 13.6 Å². The maximum Gasteiger partial charge on any atom is 0.171 e. The number of hydrogen-bond donors (Lipinski definition) is 0. The first-order valence-electron chi connectivity index (χ1n) is 6.85. The zero-order chi connectivity index (χ0) is 15.1. The number of para-hydroxylation sites is 1. The summed E-state index contributed by atoms with van der Waals surface area (Å²) < 4.78 is 19.7. The second-order valence-corrected chi connectivity index (χ2v) is 6.46. The van der Waals surface area contributed by atoms with Crippen molar-refractivity contribution >= 4 is 11.5 Å². The van der Waals surface area contributed by atoms with E-state index in [1.54, 1.807) is 44.0 Å². The van der Waals surface area contributed by atoms with E-state index in [0.717, 1.165) is 0 Å². The molecule has 0 aromatic heterocycles. The zero-order valence-corrected chi connectivity index (χ0v) is 12.7. The highest BCUT2D eigenvalue weighted by Crippen LogP contribution is 2.39. The number of ketones is 1. The molecule has 20 heavy (non-hydrogen) atoms. The summed E-state index contributed by atoms with van der Waals surface area (Å²) >= 11 is 0. The number of nitrogens with zero attached hydrogens (tertiary/aromatic N) is 1. The maximum atomic E-state index is 13.8. The van der Waals surface area contributed by atoms with E-state index < -0.39 is 11.2 Å². The highest BCUT2D eigenvalue weighted by atomic mass is 19.1. The molecule has 4 heteroatoms. The first-order chi connectivity index (χ1) is 9.15. The number of anilines is 1. The van der Waals surface area contributed by atoms with E-state index in [4.69, 9.17) is 4.74 Å². The topological polar surface area (TPSA) is 29.5 Å². The number of ether oxygens (including phenoxy) is 1. The van der Waals surface area contributed by atoms with Gasteiger partial charge in [0.1, 0.15) is 11.4 Å². The van der Waals surface area contributed by atoms with E-state index in [9.17, 15) is 9.18 Å². The van der Waals surface area contributed by atoms with Crippen LogP contribution in [0, 0.1) is 11.7 Å². The van der Waals surface area contributed by atoms with Crippen molar-refractivity contribution in [3.8, 4) is 0 Å². The molecule has 1 heterocycles. The molecule has 1 unspecified atom stereocenters. The van der Waals surface area contributed by atoms with Crippen LogP contribution in [0.1, 0.15) is 27.7 Å². The molecule has 2 rings (SSSR count). The monoisotopic (exact) mass is 279 g/mol. The lowest BCUT2D eigenvalue weighted by atomic mass is 9.85. The zero-order valence-electron chi connectivity index (χ0n) is 12.7. The molecule has 0 amide bonds. The van der Waals surface area contributed by atoms with Gasteiger partial charge in [-0.2, -0.15) is 0 Å². The molecule has 1 aliphatic rings. The quantitative estimate of drug-likeness (QED) is 0.851. The first-order valence-corrected chi connectivity index (χ1v) is 6.85. The molecule has 1 aromatic rings. The molecule has 1 atom stereocenters. The van der Waals surface area contributed by atoms with Crippen molar-refractivity contribution in [2.75, 3.05) is 18.5 Å². The summed E-state index contributed by atoms with van der Waals surface area (Å²) in [5, 5.41) is 0. The normalized spacial score (nSPS) is 23.9. The molecule has 0 saturated carbocycles. The minimum absolute atomic E-state index is 0.0747. The summed E-state index contributed by atoms with van der Waals surface area (Å²) in [6.45, 7) is 7.86. The van der Waals surface area contributed by atoms with Gasteiger partial charge in [0.2, 0.25) is 0 Å². The summed E-state index contributed by atoms with van der Waals surface area (Å²) in [6.07, 6.45) is 0. The average molecular weight is 279 g/mol. The summed E-state index contributed by atoms with van der Waals surface area (Å²) in [5.41, 5.74) is -0.814. The van der Waals surface area contributed by atoms with Crippen LogP contribution in [0.15, 0.2) is 24.3 Å². The van der Waals surface area contributed by atoms with Gasteiger partial charge in [-0.3, -0.25) is 4.79 Å². The van der Waals surface area contributed by atoms with E-state index in [1.807, 2.05) is 13.8 Å². The van der Waals surface area contributed by atoms with Crippen LogP contribution >= 0.6 is 0 Å². The maximum absolute atomic E-state index is 13.8. The third-order valence-corrected chi connectivity index (χ3v) is 3.99. The van der Waals surface area contributed by atoms with E-state index >= 15 is 0 Å². The highest BCUT2D eigenvalue weighted by Gasteiger charge is 2.53. The number of carbonyl (C=O) groups is 1. The number of rotatable bonds is 3. The Balaban J connectivity index is 2.22. The smallest absolute Gasteiger partial charge is 0.171 e. The van der Waals surface area contributed by atoms with Crippen LogP contribution in [0.25, 0.3) is 0 Å². The van der Waals surface area contributed by atoms with E-state index in [0.29, 0.717) is 12.2 Å². The molecule has 1 aromatic carbocycles. The standard InChI is InChI=1S/C16H22FNO2/c1-15(2)11(14(19)16(3,4)20-15)10-18(5)13-9-7-6-8-12(13)17/h6-9,11H,10H2,1-5H3. The van der Waals surface area contributed by atoms with Crippen molar-refractivity contribution in [1.29, 1.82) is 0 Å². The second-order valence-electron chi connectivity index (χ2n) is 6.46. The largest absolute Gasteiger partial charge is 0.371 e. The molecule has 0 radical (unpaired) electrons. The van der Waals surface area contributed by atoms with Gasteiger partial charge < -0.3 is 9.64 Å². The fourth-order valence-corrected chi connectivity index (χ4v) is 2.95. The average Bonchev–Trinajstić information content (AvgIpc) is 2.48.